The van der Waals surface area contributed by atoms with Gasteiger partial charge >= 0.3 is 5.97 Å². The number of aliphatic hydroxyl groups is 2. The van der Waals surface area contributed by atoms with Crippen LogP contribution in [-0.4, -0.2) is 47.4 Å². The molecular weight excluding hydrogens is 887 g/mol. The molecule has 0 aliphatic rings. The maximum atomic E-state index is 12.5. The van der Waals surface area contributed by atoms with Crippen molar-refractivity contribution in [3.05, 3.63) is 12.2 Å². The Hall–Kier alpha value is -1.40. The van der Waals surface area contributed by atoms with Crippen LogP contribution < -0.4 is 5.32 Å². The van der Waals surface area contributed by atoms with Gasteiger partial charge in [-0.15, -0.1) is 0 Å². The van der Waals surface area contributed by atoms with Gasteiger partial charge in [-0.05, 0) is 51.4 Å². The molecule has 0 aliphatic carbocycles. The number of rotatable bonds is 62. The van der Waals surface area contributed by atoms with E-state index >= 15 is 0 Å². The second-order valence-corrected chi connectivity index (χ2v) is 22.8. The van der Waals surface area contributed by atoms with E-state index in [9.17, 15) is 19.8 Å². The number of allylic oxidation sites excluding steroid dienone is 2. The smallest absolute Gasteiger partial charge is 0.305 e. The average Bonchev–Trinajstić information content (AvgIpc) is 3.38. The summed E-state index contributed by atoms with van der Waals surface area (Å²) in [7, 11) is 0. The maximum absolute atomic E-state index is 12.5. The third-order valence-electron chi connectivity index (χ3n) is 15.6. The quantitative estimate of drug-likeness (QED) is 0.0320. The monoisotopic (exact) mass is 1020 g/mol. The van der Waals surface area contributed by atoms with Gasteiger partial charge in [0.1, 0.15) is 0 Å². The summed E-state index contributed by atoms with van der Waals surface area (Å²) in [5, 5.41) is 23.3. The lowest BCUT2D eigenvalue weighted by atomic mass is 10.0. The molecule has 0 spiro atoms. The molecule has 0 aromatic carbocycles. The zero-order valence-electron chi connectivity index (χ0n) is 48.9. The van der Waals surface area contributed by atoms with Crippen molar-refractivity contribution >= 4 is 11.9 Å². The molecule has 0 saturated heterocycles. The van der Waals surface area contributed by atoms with E-state index in [0.29, 0.717) is 25.9 Å². The lowest BCUT2D eigenvalue weighted by Crippen LogP contribution is -2.45. The molecule has 0 rings (SSSR count). The number of nitrogens with one attached hydrogen (secondary N) is 1. The van der Waals surface area contributed by atoms with Crippen molar-refractivity contribution < 1.29 is 24.5 Å². The van der Waals surface area contributed by atoms with Crippen LogP contribution in [0.4, 0.5) is 0 Å². The second kappa shape index (κ2) is 62.1. The van der Waals surface area contributed by atoms with Crippen LogP contribution in [0.15, 0.2) is 12.2 Å². The van der Waals surface area contributed by atoms with Gasteiger partial charge in [0.2, 0.25) is 5.91 Å². The molecule has 1 amide bonds. The molecule has 2 unspecified atom stereocenters. The molecule has 72 heavy (non-hydrogen) atoms. The van der Waals surface area contributed by atoms with Crippen molar-refractivity contribution in [2.24, 2.45) is 0 Å². The Morgan fingerprint density at radius 1 is 0.375 bits per heavy atom. The maximum Gasteiger partial charge on any atom is 0.305 e. The molecule has 2 atom stereocenters. The van der Waals surface area contributed by atoms with E-state index in [1.54, 1.807) is 0 Å². The van der Waals surface area contributed by atoms with Crippen LogP contribution in [-0.2, 0) is 14.3 Å². The van der Waals surface area contributed by atoms with E-state index < -0.39 is 12.1 Å². The van der Waals surface area contributed by atoms with Gasteiger partial charge in [-0.1, -0.05) is 321 Å². The van der Waals surface area contributed by atoms with E-state index in [4.69, 9.17) is 4.74 Å². The number of hydrogen-bond acceptors (Lipinski definition) is 5. The highest BCUT2D eigenvalue weighted by atomic mass is 16.5. The van der Waals surface area contributed by atoms with E-state index in [-0.39, 0.29) is 18.5 Å². The lowest BCUT2D eigenvalue weighted by molar-refractivity contribution is -0.143. The number of hydrogen-bond donors (Lipinski definition) is 3. The largest absolute Gasteiger partial charge is 0.466 e. The van der Waals surface area contributed by atoms with Gasteiger partial charge in [-0.25, -0.2) is 0 Å². The SMILES string of the molecule is CCCCCCCCC/C=C\CCCCCCCC(=O)OCCCCCCCCCCCCCCCCCCCCCCCCCC(=O)NC(CO)C(O)CCCCCCCCCCCCCCCCCC. The number of aliphatic hydroxyl groups excluding tert-OH is 2. The highest BCUT2D eigenvalue weighted by Gasteiger charge is 2.20. The molecule has 0 bridgehead atoms. The van der Waals surface area contributed by atoms with E-state index in [1.165, 1.54) is 295 Å². The lowest BCUT2D eigenvalue weighted by Gasteiger charge is -2.22. The predicted molar refractivity (Wildman–Crippen MR) is 315 cm³/mol. The Morgan fingerprint density at radius 2 is 0.653 bits per heavy atom. The Bertz CT molecular complexity index is 1080. The summed E-state index contributed by atoms with van der Waals surface area (Å²) in [5.74, 6) is -0.0234. The van der Waals surface area contributed by atoms with Crippen LogP contribution >= 0.6 is 0 Å². The Morgan fingerprint density at radius 3 is 0.986 bits per heavy atom. The first-order valence-corrected chi connectivity index (χ1v) is 32.9. The molecule has 0 aromatic heterocycles. The standard InChI is InChI=1S/C66H129NO5/c1-3-5-7-9-11-13-15-17-19-30-34-38-42-46-50-54-58-64(69)63(62-68)67-65(70)59-55-51-47-43-39-35-31-28-26-24-22-21-23-25-27-29-33-37-41-45-49-53-57-61-72-66(71)60-56-52-48-44-40-36-32-20-18-16-14-12-10-8-6-4-2/h20,32,63-64,68-69H,3-19,21-31,33-62H2,1-2H3,(H,67,70)/b32-20-. The van der Waals surface area contributed by atoms with Crippen molar-refractivity contribution in [2.45, 2.75) is 386 Å². The number of esters is 1. The Balaban J connectivity index is 3.36. The van der Waals surface area contributed by atoms with Crippen LogP contribution in [0.5, 0.6) is 0 Å². The van der Waals surface area contributed by atoms with Crippen LogP contribution in [0.3, 0.4) is 0 Å². The van der Waals surface area contributed by atoms with Crippen molar-refractivity contribution in [1.29, 1.82) is 0 Å². The Labute approximate surface area is 450 Å². The molecule has 0 fully saturated rings. The van der Waals surface area contributed by atoms with Gasteiger partial charge < -0.3 is 20.3 Å². The minimum absolute atomic E-state index is 0.00796. The van der Waals surface area contributed by atoms with E-state index in [0.717, 1.165) is 44.9 Å². The van der Waals surface area contributed by atoms with Gasteiger partial charge in [0.25, 0.3) is 0 Å². The molecule has 3 N–H and O–H groups in total. The Kier molecular flexibility index (Phi) is 60.9. The summed E-state index contributed by atoms with van der Waals surface area (Å²) in [6, 6.07) is -0.540. The van der Waals surface area contributed by atoms with E-state index in [1.807, 2.05) is 0 Å². The third-order valence-corrected chi connectivity index (χ3v) is 15.6. The van der Waals surface area contributed by atoms with Crippen LogP contribution in [0.2, 0.25) is 0 Å². The first-order chi connectivity index (χ1) is 35.5. The van der Waals surface area contributed by atoms with Crippen LogP contribution in [0.1, 0.15) is 373 Å². The summed E-state index contributed by atoms with van der Waals surface area (Å²) in [6.45, 7) is 4.98. The minimum Gasteiger partial charge on any atom is -0.466 e. The molecule has 0 aromatic rings. The first-order valence-electron chi connectivity index (χ1n) is 32.9. The highest BCUT2D eigenvalue weighted by Crippen LogP contribution is 2.19. The van der Waals surface area contributed by atoms with Gasteiger partial charge in [0.15, 0.2) is 0 Å². The van der Waals surface area contributed by atoms with Gasteiger partial charge in [-0.2, -0.15) is 0 Å². The fourth-order valence-corrected chi connectivity index (χ4v) is 10.5. The summed E-state index contributed by atoms with van der Waals surface area (Å²) >= 11 is 0. The summed E-state index contributed by atoms with van der Waals surface area (Å²) < 4.78 is 5.49. The van der Waals surface area contributed by atoms with Crippen LogP contribution in [0.25, 0.3) is 0 Å². The minimum atomic E-state index is -0.663. The van der Waals surface area contributed by atoms with Crippen molar-refractivity contribution in [2.75, 3.05) is 13.2 Å². The summed E-state index contributed by atoms with van der Waals surface area (Å²) in [4.78, 5) is 24.6. The van der Waals surface area contributed by atoms with Crippen molar-refractivity contribution in [3.63, 3.8) is 0 Å². The number of unbranched alkanes of at least 4 members (excludes halogenated alkanes) is 49. The average molecular weight is 1020 g/mol. The molecule has 0 aliphatic heterocycles. The first kappa shape index (κ1) is 70.6. The van der Waals surface area contributed by atoms with E-state index in [2.05, 4.69) is 31.3 Å². The van der Waals surface area contributed by atoms with Crippen molar-refractivity contribution in [1.82, 2.24) is 5.32 Å². The molecule has 0 radical (unpaired) electrons. The molecular formula is C66H129NO5. The summed E-state index contributed by atoms with van der Waals surface area (Å²) in [5.41, 5.74) is 0. The van der Waals surface area contributed by atoms with Gasteiger partial charge in [0.05, 0.1) is 25.4 Å². The molecule has 0 heterocycles. The molecule has 6 nitrogen and oxygen atoms in total. The number of carbonyl (C=O) groups is 2. The fraction of sp³-hybridized carbons (Fsp3) is 0.939. The molecule has 0 saturated carbocycles. The summed E-state index contributed by atoms with van der Waals surface area (Å²) in [6.07, 6.45) is 75.2. The van der Waals surface area contributed by atoms with Gasteiger partial charge in [0, 0.05) is 12.8 Å². The van der Waals surface area contributed by atoms with Gasteiger partial charge in [-0.3, -0.25) is 9.59 Å². The second-order valence-electron chi connectivity index (χ2n) is 22.8. The number of amides is 1. The normalized spacial score (nSPS) is 12.6. The van der Waals surface area contributed by atoms with Crippen molar-refractivity contribution in [3.8, 4) is 0 Å². The predicted octanol–water partition coefficient (Wildman–Crippen LogP) is 20.8. The number of carbonyl (C=O) groups excluding carboxylic acids is 2. The zero-order valence-corrected chi connectivity index (χ0v) is 48.9. The number of ether oxygens (including phenoxy) is 1. The third kappa shape index (κ3) is 57.9. The molecule has 428 valence electrons. The molecule has 6 heteroatoms. The zero-order chi connectivity index (χ0) is 52.2. The fourth-order valence-electron chi connectivity index (χ4n) is 10.5. The topological polar surface area (TPSA) is 95.9 Å². The van der Waals surface area contributed by atoms with Crippen LogP contribution in [0, 0.1) is 0 Å². The highest BCUT2D eigenvalue weighted by molar-refractivity contribution is 5.76.